The largest absolute Gasteiger partial charge is 0.507 e. The molecule has 4 atom stereocenters. The number of amides is 2. The van der Waals surface area contributed by atoms with E-state index in [0.717, 1.165) is 24.1 Å². The minimum absolute atomic E-state index is 0.0568. The van der Waals surface area contributed by atoms with Crippen molar-refractivity contribution in [3.8, 4) is 5.75 Å². The number of hydrogen-bond donors (Lipinski definition) is 5. The molecule has 0 aliphatic carbocycles. The second kappa shape index (κ2) is 15.2. The molecule has 2 amide bonds. The second-order valence-electron chi connectivity index (χ2n) is 9.79. The number of aliphatic hydroxyl groups is 1. The number of ether oxygens (including phenoxy) is 1. The van der Waals surface area contributed by atoms with Gasteiger partial charge in [0, 0.05) is 35.2 Å². The van der Waals surface area contributed by atoms with Crippen LogP contribution in [0.15, 0.2) is 48.5 Å². The van der Waals surface area contributed by atoms with Crippen LogP contribution in [0.4, 0.5) is 4.39 Å². The van der Waals surface area contributed by atoms with E-state index in [0.29, 0.717) is 38.9 Å². The molecular formula is C28H37FIN3O5. The van der Waals surface area contributed by atoms with Gasteiger partial charge in [-0.15, -0.1) is 0 Å². The van der Waals surface area contributed by atoms with Crippen LogP contribution in [0.5, 0.6) is 5.75 Å². The van der Waals surface area contributed by atoms with Crippen LogP contribution in [0.1, 0.15) is 54.9 Å². The van der Waals surface area contributed by atoms with E-state index < -0.39 is 50.7 Å². The Labute approximate surface area is 233 Å². The molecule has 8 nitrogen and oxygen atoms in total. The molecule has 208 valence electrons. The van der Waals surface area contributed by atoms with Gasteiger partial charge in [-0.25, -0.2) is 4.39 Å². The van der Waals surface area contributed by atoms with Crippen LogP contribution in [0.3, 0.4) is 0 Å². The van der Waals surface area contributed by atoms with E-state index in [2.05, 4.69) is 10.6 Å². The van der Waals surface area contributed by atoms with Crippen LogP contribution in [0.25, 0.3) is 0 Å². The SMILES string of the molecule is CC(CCC(C[C@H](O)C(Cc1ccccc1)NC(=O)c1ccc(F)cc1O)NC(=O)C1CCOCC1)I=N. The van der Waals surface area contributed by atoms with Crippen LogP contribution in [0, 0.1) is 15.3 Å². The molecule has 1 aliphatic rings. The highest BCUT2D eigenvalue weighted by atomic mass is 127. The predicted molar refractivity (Wildman–Crippen MR) is 151 cm³/mol. The minimum Gasteiger partial charge on any atom is -0.507 e. The number of rotatable bonds is 13. The van der Waals surface area contributed by atoms with Gasteiger partial charge in [0.25, 0.3) is 5.91 Å². The second-order valence-corrected chi connectivity index (χ2v) is 12.5. The molecule has 0 radical (unpaired) electrons. The molecule has 0 spiro atoms. The number of carbonyl (C=O) groups excluding carboxylic acids is 2. The summed E-state index contributed by atoms with van der Waals surface area (Å²) in [6.07, 6.45) is 2.23. The zero-order valence-corrected chi connectivity index (χ0v) is 23.7. The lowest BCUT2D eigenvalue weighted by atomic mass is 9.93. The standard InChI is InChI=1S/C28H37FIN3O5/c1-18(30-31)7-9-22(32-27(36)20-11-13-38-14-12-20)17-26(35)24(15-19-5-3-2-4-6-19)33-28(37)23-10-8-21(29)16-25(23)34/h2-6,8,10,16,18,20,22,24,26,31,34-35H,7,9,11-15,17H2,1H3,(H,32,36)(H,33,37)/t18?,22?,24?,26-/m0/s1. The molecule has 2 aromatic rings. The smallest absolute Gasteiger partial charge is 0.255 e. The predicted octanol–water partition coefficient (Wildman–Crippen LogP) is 4.44. The van der Waals surface area contributed by atoms with E-state index in [-0.39, 0.29) is 33.8 Å². The summed E-state index contributed by atoms with van der Waals surface area (Å²) in [4.78, 5) is 26.0. The van der Waals surface area contributed by atoms with Crippen molar-refractivity contribution < 1.29 is 28.9 Å². The van der Waals surface area contributed by atoms with E-state index in [1.54, 1.807) is 0 Å². The first-order valence-corrected chi connectivity index (χ1v) is 15.3. The first-order valence-electron chi connectivity index (χ1n) is 13.0. The lowest BCUT2D eigenvalue weighted by Gasteiger charge is -2.30. The molecule has 0 bridgehead atoms. The van der Waals surface area contributed by atoms with E-state index >= 15 is 0 Å². The molecule has 1 saturated heterocycles. The molecule has 3 unspecified atom stereocenters. The minimum atomic E-state index is -1.01. The van der Waals surface area contributed by atoms with Crippen molar-refractivity contribution in [3.63, 3.8) is 0 Å². The molecule has 0 saturated carbocycles. The molecule has 10 heteroatoms. The Hall–Kier alpha value is -2.44. The van der Waals surface area contributed by atoms with Gasteiger partial charge in [0.2, 0.25) is 5.91 Å². The molecule has 1 heterocycles. The van der Waals surface area contributed by atoms with Gasteiger partial charge in [-0.3, -0.25) is 13.2 Å². The average Bonchev–Trinajstić information content (AvgIpc) is 2.92. The Morgan fingerprint density at radius 1 is 1.13 bits per heavy atom. The number of phenolic OH excluding ortho intramolecular Hbond substituents is 1. The van der Waals surface area contributed by atoms with Crippen molar-refractivity contribution in [1.82, 2.24) is 10.6 Å². The number of phenols is 1. The van der Waals surface area contributed by atoms with E-state index in [1.165, 1.54) is 6.07 Å². The maximum absolute atomic E-state index is 13.4. The number of aliphatic hydroxyl groups excluding tert-OH is 1. The topological polar surface area (TPSA) is 132 Å². The molecule has 1 fully saturated rings. The van der Waals surface area contributed by atoms with E-state index in [9.17, 15) is 24.2 Å². The molecule has 0 aromatic heterocycles. The third-order valence-electron chi connectivity index (χ3n) is 6.85. The van der Waals surface area contributed by atoms with Gasteiger partial charge in [-0.05, 0) is 77.3 Å². The van der Waals surface area contributed by atoms with Gasteiger partial charge in [0.05, 0.1) is 17.7 Å². The molecular weight excluding hydrogens is 604 g/mol. The Morgan fingerprint density at radius 2 is 1.84 bits per heavy atom. The normalized spacial score (nSPS) is 17.2. The Balaban J connectivity index is 1.76. The lowest BCUT2D eigenvalue weighted by molar-refractivity contribution is -0.128. The highest BCUT2D eigenvalue weighted by Gasteiger charge is 2.29. The van der Waals surface area contributed by atoms with Gasteiger partial charge in [0.1, 0.15) is 11.6 Å². The van der Waals surface area contributed by atoms with Crippen molar-refractivity contribution in [3.05, 3.63) is 65.5 Å². The molecule has 2 aromatic carbocycles. The van der Waals surface area contributed by atoms with Crippen LogP contribution in [-0.2, 0) is 16.0 Å². The molecule has 3 rings (SSSR count). The summed E-state index contributed by atoms with van der Waals surface area (Å²) in [5, 5.41) is 27.4. The quantitative estimate of drug-likeness (QED) is 0.163. The molecule has 38 heavy (non-hydrogen) atoms. The Kier molecular flexibility index (Phi) is 12.1. The van der Waals surface area contributed by atoms with Crippen LogP contribution < -0.4 is 10.6 Å². The maximum atomic E-state index is 13.4. The Bertz CT molecular complexity index is 1070. The van der Waals surface area contributed by atoms with Crippen LogP contribution in [-0.4, -0.2) is 57.4 Å². The highest BCUT2D eigenvalue weighted by molar-refractivity contribution is 14.1. The molecule has 5 N–H and O–H groups in total. The monoisotopic (exact) mass is 641 g/mol. The fourth-order valence-corrected chi connectivity index (χ4v) is 5.23. The average molecular weight is 642 g/mol. The van der Waals surface area contributed by atoms with Crippen molar-refractivity contribution in [2.45, 2.75) is 67.6 Å². The number of alkyl halides is 1. The van der Waals surface area contributed by atoms with Crippen LogP contribution in [0.2, 0.25) is 0 Å². The summed E-state index contributed by atoms with van der Waals surface area (Å²) in [6, 6.07) is 11.5. The number of halogens is 2. The zero-order chi connectivity index (χ0) is 27.5. The summed E-state index contributed by atoms with van der Waals surface area (Å²) in [5.74, 6) is -1.96. The summed E-state index contributed by atoms with van der Waals surface area (Å²) >= 11 is -0.682. The molecule has 1 aliphatic heterocycles. The van der Waals surface area contributed by atoms with Gasteiger partial charge in [0.15, 0.2) is 0 Å². The van der Waals surface area contributed by atoms with Gasteiger partial charge < -0.3 is 25.6 Å². The summed E-state index contributed by atoms with van der Waals surface area (Å²) in [7, 11) is 0. The first-order chi connectivity index (χ1) is 18.3. The summed E-state index contributed by atoms with van der Waals surface area (Å²) in [5.41, 5.74) is 0.810. The first kappa shape index (κ1) is 30.1. The Morgan fingerprint density at radius 3 is 2.50 bits per heavy atom. The van der Waals surface area contributed by atoms with E-state index in [4.69, 9.17) is 8.30 Å². The summed E-state index contributed by atoms with van der Waals surface area (Å²) in [6.45, 7) is 3.13. The van der Waals surface area contributed by atoms with Crippen molar-refractivity contribution in [1.29, 1.82) is 3.56 Å². The number of nitrogens with one attached hydrogen (secondary N) is 3. The number of benzene rings is 2. The van der Waals surface area contributed by atoms with Gasteiger partial charge >= 0.3 is 0 Å². The third-order valence-corrected chi connectivity index (χ3v) is 8.53. The van der Waals surface area contributed by atoms with Crippen molar-refractivity contribution in [2.75, 3.05) is 13.2 Å². The summed E-state index contributed by atoms with van der Waals surface area (Å²) < 4.78 is 26.8. The van der Waals surface area contributed by atoms with Gasteiger partial charge in [-0.2, -0.15) is 0 Å². The van der Waals surface area contributed by atoms with Gasteiger partial charge in [-0.1, -0.05) is 37.3 Å². The fourth-order valence-electron chi connectivity index (χ4n) is 4.56. The maximum Gasteiger partial charge on any atom is 0.255 e. The van der Waals surface area contributed by atoms with Crippen molar-refractivity contribution >= 4 is 32.8 Å². The number of hydrogen-bond acceptors (Lipinski definition) is 6. The third kappa shape index (κ3) is 9.39. The highest BCUT2D eigenvalue weighted by Crippen LogP contribution is 2.22. The zero-order valence-electron chi connectivity index (χ0n) is 21.5. The van der Waals surface area contributed by atoms with Crippen LogP contribution >= 0.6 is 21.0 Å². The number of carbonyl (C=O) groups is 2. The lowest BCUT2D eigenvalue weighted by Crippen LogP contribution is -2.49. The van der Waals surface area contributed by atoms with E-state index in [1.807, 2.05) is 37.3 Å². The number of aromatic hydroxyl groups is 1. The van der Waals surface area contributed by atoms with Crippen molar-refractivity contribution in [2.24, 2.45) is 5.92 Å². The fraction of sp³-hybridized carbons (Fsp3) is 0.500.